The van der Waals surface area contributed by atoms with E-state index in [2.05, 4.69) is 17.2 Å². The lowest BCUT2D eigenvalue weighted by atomic mass is 10.3. The van der Waals surface area contributed by atoms with Crippen molar-refractivity contribution in [2.75, 3.05) is 19.6 Å². The van der Waals surface area contributed by atoms with E-state index in [4.69, 9.17) is 5.84 Å². The second-order valence-corrected chi connectivity index (χ2v) is 2.95. The van der Waals surface area contributed by atoms with E-state index in [1.165, 1.54) is 25.9 Å². The Balaban J connectivity index is 2.15. The van der Waals surface area contributed by atoms with E-state index in [1.54, 1.807) is 0 Å². The van der Waals surface area contributed by atoms with Gasteiger partial charge in [-0.25, -0.2) is 0 Å². The molecular formula is C7H17N3. The second-order valence-electron chi connectivity index (χ2n) is 2.95. The number of nitrogens with two attached hydrogens (primary N) is 1. The van der Waals surface area contributed by atoms with Gasteiger partial charge in [-0.2, -0.15) is 0 Å². The highest BCUT2D eigenvalue weighted by Gasteiger charge is 2.19. The van der Waals surface area contributed by atoms with Crippen LogP contribution in [0.5, 0.6) is 0 Å². The molecule has 0 saturated carbocycles. The number of hydrazine groups is 1. The molecule has 0 radical (unpaired) electrons. The number of hydrogen-bond acceptors (Lipinski definition) is 3. The molecule has 1 unspecified atom stereocenters. The van der Waals surface area contributed by atoms with E-state index < -0.39 is 0 Å². The van der Waals surface area contributed by atoms with E-state index in [9.17, 15) is 0 Å². The molecule has 0 spiro atoms. The predicted molar refractivity (Wildman–Crippen MR) is 42.5 cm³/mol. The maximum absolute atomic E-state index is 5.32. The summed E-state index contributed by atoms with van der Waals surface area (Å²) in [4.78, 5) is 2.45. The number of nitrogens with one attached hydrogen (secondary N) is 1. The van der Waals surface area contributed by atoms with Gasteiger partial charge in [-0.1, -0.05) is 6.92 Å². The van der Waals surface area contributed by atoms with Crippen molar-refractivity contribution >= 4 is 0 Å². The summed E-state index contributed by atoms with van der Waals surface area (Å²) in [5.74, 6) is 5.32. The van der Waals surface area contributed by atoms with E-state index in [0.29, 0.717) is 6.04 Å². The average Bonchev–Trinajstić information content (AvgIpc) is 2.37. The second kappa shape index (κ2) is 3.91. The van der Waals surface area contributed by atoms with Crippen molar-refractivity contribution in [2.45, 2.75) is 25.8 Å². The minimum Gasteiger partial charge on any atom is -0.302 e. The Morgan fingerprint density at radius 2 is 2.50 bits per heavy atom. The molecule has 1 fully saturated rings. The molecule has 0 aromatic carbocycles. The van der Waals surface area contributed by atoms with Gasteiger partial charge >= 0.3 is 0 Å². The molecule has 3 nitrogen and oxygen atoms in total. The molecule has 1 atom stereocenters. The van der Waals surface area contributed by atoms with Crippen LogP contribution >= 0.6 is 0 Å². The van der Waals surface area contributed by atoms with Crippen LogP contribution in [0.1, 0.15) is 19.8 Å². The molecule has 1 aliphatic rings. The molecule has 1 saturated heterocycles. The monoisotopic (exact) mass is 143 g/mol. The number of rotatable bonds is 3. The van der Waals surface area contributed by atoms with Crippen LogP contribution in [-0.4, -0.2) is 30.6 Å². The molecule has 3 N–H and O–H groups in total. The summed E-state index contributed by atoms with van der Waals surface area (Å²) in [5, 5.41) is 0. The van der Waals surface area contributed by atoms with Gasteiger partial charge in [0.05, 0.1) is 0 Å². The minimum absolute atomic E-state index is 0.534. The smallest absolute Gasteiger partial charge is 0.0350 e. The maximum Gasteiger partial charge on any atom is 0.0350 e. The van der Waals surface area contributed by atoms with Gasteiger partial charge < -0.3 is 4.90 Å². The third-order valence-electron chi connectivity index (χ3n) is 2.05. The zero-order valence-corrected chi connectivity index (χ0v) is 6.64. The van der Waals surface area contributed by atoms with E-state index in [-0.39, 0.29) is 0 Å². The predicted octanol–water partition coefficient (Wildman–Crippen LogP) is -0.0660. The van der Waals surface area contributed by atoms with Crippen molar-refractivity contribution in [3.8, 4) is 0 Å². The summed E-state index contributed by atoms with van der Waals surface area (Å²) in [5.41, 5.74) is 2.81. The molecule has 60 valence electrons. The summed E-state index contributed by atoms with van der Waals surface area (Å²) in [6.45, 7) is 5.77. The molecule has 0 bridgehead atoms. The fourth-order valence-corrected chi connectivity index (χ4v) is 1.49. The normalized spacial score (nSPS) is 27.6. The van der Waals surface area contributed by atoms with Crippen molar-refractivity contribution in [2.24, 2.45) is 5.84 Å². The SMILES string of the molecule is CCCN1CCC(NN)C1. The molecule has 1 heterocycles. The zero-order chi connectivity index (χ0) is 7.40. The first-order chi connectivity index (χ1) is 4.86. The third-order valence-corrected chi connectivity index (χ3v) is 2.05. The number of hydrogen-bond donors (Lipinski definition) is 2. The van der Waals surface area contributed by atoms with Crippen LogP contribution in [0, 0.1) is 0 Å². The molecular weight excluding hydrogens is 126 g/mol. The third kappa shape index (κ3) is 1.94. The quantitative estimate of drug-likeness (QED) is 0.429. The first-order valence-corrected chi connectivity index (χ1v) is 4.05. The van der Waals surface area contributed by atoms with Crippen molar-refractivity contribution < 1.29 is 0 Å². The molecule has 0 aromatic heterocycles. The lowest BCUT2D eigenvalue weighted by Crippen LogP contribution is -2.37. The highest BCUT2D eigenvalue weighted by molar-refractivity contribution is 4.78. The number of nitrogens with zero attached hydrogens (tertiary/aromatic N) is 1. The molecule has 0 amide bonds. The molecule has 1 rings (SSSR count). The fourth-order valence-electron chi connectivity index (χ4n) is 1.49. The first-order valence-electron chi connectivity index (χ1n) is 4.05. The summed E-state index contributed by atoms with van der Waals surface area (Å²) in [7, 11) is 0. The Morgan fingerprint density at radius 3 is 3.00 bits per heavy atom. The zero-order valence-electron chi connectivity index (χ0n) is 6.64. The van der Waals surface area contributed by atoms with Crippen LogP contribution in [0.25, 0.3) is 0 Å². The fraction of sp³-hybridized carbons (Fsp3) is 1.00. The summed E-state index contributed by atoms with van der Waals surface area (Å²) in [6.07, 6.45) is 2.45. The van der Waals surface area contributed by atoms with E-state index >= 15 is 0 Å². The van der Waals surface area contributed by atoms with Gasteiger partial charge in [-0.05, 0) is 25.9 Å². The van der Waals surface area contributed by atoms with Gasteiger partial charge in [-0.15, -0.1) is 0 Å². The van der Waals surface area contributed by atoms with E-state index in [1.807, 2.05) is 0 Å². The largest absolute Gasteiger partial charge is 0.302 e. The molecule has 1 aliphatic heterocycles. The van der Waals surface area contributed by atoms with Crippen LogP contribution in [0.2, 0.25) is 0 Å². The van der Waals surface area contributed by atoms with E-state index in [0.717, 1.165) is 6.54 Å². The number of likely N-dealkylation sites (tertiary alicyclic amines) is 1. The van der Waals surface area contributed by atoms with Gasteiger partial charge in [-0.3, -0.25) is 11.3 Å². The van der Waals surface area contributed by atoms with Crippen LogP contribution in [0.3, 0.4) is 0 Å². The van der Waals surface area contributed by atoms with Crippen molar-refractivity contribution in [3.05, 3.63) is 0 Å². The van der Waals surface area contributed by atoms with Gasteiger partial charge in [0.1, 0.15) is 0 Å². The summed E-state index contributed by atoms with van der Waals surface area (Å²) < 4.78 is 0. The Kier molecular flexibility index (Phi) is 3.12. The van der Waals surface area contributed by atoms with Crippen molar-refractivity contribution in [1.29, 1.82) is 0 Å². The Hall–Kier alpha value is -0.120. The van der Waals surface area contributed by atoms with Crippen LogP contribution < -0.4 is 11.3 Å². The average molecular weight is 143 g/mol. The standard InChI is InChI=1S/C7H17N3/c1-2-4-10-5-3-7(6-10)9-8/h7,9H,2-6,8H2,1H3. The van der Waals surface area contributed by atoms with Crippen molar-refractivity contribution in [3.63, 3.8) is 0 Å². The van der Waals surface area contributed by atoms with Gasteiger partial charge in [0.2, 0.25) is 0 Å². The Morgan fingerprint density at radius 1 is 1.70 bits per heavy atom. The topological polar surface area (TPSA) is 41.3 Å². The first kappa shape index (κ1) is 7.98. The molecule has 3 heteroatoms. The van der Waals surface area contributed by atoms with Crippen LogP contribution in [-0.2, 0) is 0 Å². The van der Waals surface area contributed by atoms with Gasteiger partial charge in [0, 0.05) is 12.6 Å². The summed E-state index contributed by atoms with van der Waals surface area (Å²) >= 11 is 0. The minimum atomic E-state index is 0.534. The van der Waals surface area contributed by atoms with Gasteiger partial charge in [0.15, 0.2) is 0 Å². The van der Waals surface area contributed by atoms with Crippen LogP contribution in [0.15, 0.2) is 0 Å². The van der Waals surface area contributed by atoms with Crippen LogP contribution in [0.4, 0.5) is 0 Å². The highest BCUT2D eigenvalue weighted by Crippen LogP contribution is 2.07. The highest BCUT2D eigenvalue weighted by atomic mass is 15.3. The lowest BCUT2D eigenvalue weighted by Gasteiger charge is -2.13. The maximum atomic E-state index is 5.32. The molecule has 0 aromatic rings. The Bertz CT molecular complexity index is 94.9. The van der Waals surface area contributed by atoms with Crippen molar-refractivity contribution in [1.82, 2.24) is 10.3 Å². The molecule has 0 aliphatic carbocycles. The Labute approximate surface area is 62.5 Å². The summed E-state index contributed by atoms with van der Waals surface area (Å²) in [6, 6.07) is 0.534. The van der Waals surface area contributed by atoms with Gasteiger partial charge in [0.25, 0.3) is 0 Å². The molecule has 10 heavy (non-hydrogen) atoms. The lowest BCUT2D eigenvalue weighted by molar-refractivity contribution is 0.329.